The molecule has 0 saturated carbocycles. The fourth-order valence-corrected chi connectivity index (χ4v) is 4.93. The second-order valence-corrected chi connectivity index (χ2v) is 9.16. The highest BCUT2D eigenvalue weighted by molar-refractivity contribution is 7.92. The van der Waals surface area contributed by atoms with Crippen molar-refractivity contribution < 1.29 is 22.7 Å². The van der Waals surface area contributed by atoms with Crippen LogP contribution in [0.4, 0.5) is 5.69 Å². The third kappa shape index (κ3) is 4.64. The third-order valence-corrected chi connectivity index (χ3v) is 6.80. The van der Waals surface area contributed by atoms with Gasteiger partial charge in [0.05, 0.1) is 23.8 Å². The summed E-state index contributed by atoms with van der Waals surface area (Å²) in [6.07, 6.45) is 0. The van der Waals surface area contributed by atoms with E-state index in [9.17, 15) is 13.2 Å². The Morgan fingerprint density at radius 1 is 0.967 bits per heavy atom. The van der Waals surface area contributed by atoms with Crippen LogP contribution in [-0.2, 0) is 14.8 Å². The van der Waals surface area contributed by atoms with Crippen LogP contribution >= 0.6 is 11.3 Å². The molecule has 1 amide bonds. The van der Waals surface area contributed by atoms with E-state index in [1.165, 1.54) is 23.5 Å². The quantitative estimate of drug-likeness (QED) is 0.625. The van der Waals surface area contributed by atoms with Gasteiger partial charge in [0, 0.05) is 13.1 Å². The van der Waals surface area contributed by atoms with Crippen LogP contribution in [0.25, 0.3) is 0 Å². The molecule has 30 heavy (non-hydrogen) atoms. The monoisotopic (exact) mass is 444 g/mol. The summed E-state index contributed by atoms with van der Waals surface area (Å²) in [6.45, 7) is 1.95. The number of hydrogen-bond acceptors (Lipinski definition) is 6. The highest BCUT2D eigenvalue weighted by Gasteiger charge is 2.25. The molecule has 1 aliphatic rings. The second kappa shape index (κ2) is 8.86. The number of carbonyl (C=O) groups is 1. The van der Waals surface area contributed by atoms with E-state index >= 15 is 0 Å². The van der Waals surface area contributed by atoms with Crippen molar-refractivity contribution in [1.82, 2.24) is 4.90 Å². The van der Waals surface area contributed by atoms with Gasteiger partial charge in [-0.1, -0.05) is 18.2 Å². The molecule has 1 saturated heterocycles. The predicted octanol–water partition coefficient (Wildman–Crippen LogP) is 3.81. The van der Waals surface area contributed by atoms with E-state index in [1.54, 1.807) is 28.5 Å². The zero-order chi connectivity index (χ0) is 21.0. The molecule has 0 aliphatic carbocycles. The van der Waals surface area contributed by atoms with Crippen LogP contribution in [0.15, 0.2) is 70.9 Å². The van der Waals surface area contributed by atoms with Crippen LogP contribution in [0.1, 0.15) is 9.67 Å². The molecule has 2 aromatic carbocycles. The molecule has 4 rings (SSSR count). The van der Waals surface area contributed by atoms with Crippen molar-refractivity contribution in [3.05, 3.63) is 70.9 Å². The molecule has 0 atom stereocenters. The number of hydrogen-bond donors (Lipinski definition) is 1. The minimum atomic E-state index is -3.85. The number of amides is 1. The van der Waals surface area contributed by atoms with Gasteiger partial charge in [-0.25, -0.2) is 8.42 Å². The average Bonchev–Trinajstić information content (AvgIpc) is 3.22. The first-order valence-corrected chi connectivity index (χ1v) is 11.7. The number of nitrogens with zero attached hydrogens (tertiary/aromatic N) is 1. The highest BCUT2D eigenvalue weighted by atomic mass is 32.2. The largest absolute Gasteiger partial charge is 0.457 e. The lowest BCUT2D eigenvalue weighted by Gasteiger charge is -2.26. The van der Waals surface area contributed by atoms with E-state index in [2.05, 4.69) is 4.72 Å². The zero-order valence-corrected chi connectivity index (χ0v) is 17.6. The molecule has 1 fully saturated rings. The highest BCUT2D eigenvalue weighted by Crippen LogP contribution is 2.28. The Bertz CT molecular complexity index is 1110. The summed E-state index contributed by atoms with van der Waals surface area (Å²) in [6, 6.07) is 16.9. The average molecular weight is 445 g/mol. The number of para-hydroxylation sites is 1. The summed E-state index contributed by atoms with van der Waals surface area (Å²) in [4.78, 5) is 14.9. The van der Waals surface area contributed by atoms with Gasteiger partial charge in [-0.05, 0) is 47.8 Å². The number of rotatable bonds is 6. The van der Waals surface area contributed by atoms with Gasteiger partial charge < -0.3 is 14.4 Å². The molecule has 1 aromatic heterocycles. The molecular formula is C21H20N2O5S2. The van der Waals surface area contributed by atoms with Crippen molar-refractivity contribution in [2.75, 3.05) is 31.0 Å². The lowest BCUT2D eigenvalue weighted by molar-refractivity contribution is 0.0307. The van der Waals surface area contributed by atoms with Gasteiger partial charge >= 0.3 is 0 Å². The van der Waals surface area contributed by atoms with E-state index in [0.717, 1.165) is 0 Å². The van der Waals surface area contributed by atoms with Gasteiger partial charge in [0.1, 0.15) is 16.4 Å². The van der Waals surface area contributed by atoms with E-state index in [-0.39, 0.29) is 16.5 Å². The van der Waals surface area contributed by atoms with Crippen LogP contribution in [-0.4, -0.2) is 45.5 Å². The van der Waals surface area contributed by atoms with Gasteiger partial charge in [0.25, 0.3) is 15.9 Å². The molecule has 9 heteroatoms. The molecule has 3 aromatic rings. The Kier molecular flexibility index (Phi) is 6.03. The molecular weight excluding hydrogens is 424 g/mol. The Hall–Kier alpha value is -2.88. The Labute approximate surface area is 178 Å². The molecule has 156 valence electrons. The van der Waals surface area contributed by atoms with Crippen LogP contribution in [0.5, 0.6) is 11.5 Å². The first-order valence-electron chi connectivity index (χ1n) is 9.33. The normalized spacial score (nSPS) is 14.3. The van der Waals surface area contributed by atoms with Crippen molar-refractivity contribution in [3.8, 4) is 11.5 Å². The van der Waals surface area contributed by atoms with Crippen LogP contribution in [0, 0.1) is 0 Å². The molecule has 1 aliphatic heterocycles. The molecule has 0 unspecified atom stereocenters. The maximum atomic E-state index is 12.8. The van der Waals surface area contributed by atoms with Gasteiger partial charge in [-0.2, -0.15) is 0 Å². The van der Waals surface area contributed by atoms with Crippen LogP contribution < -0.4 is 9.46 Å². The Balaban J connectivity index is 1.48. The summed E-state index contributed by atoms with van der Waals surface area (Å²) in [7, 11) is -3.85. The zero-order valence-electron chi connectivity index (χ0n) is 16.0. The molecule has 7 nitrogen and oxygen atoms in total. The van der Waals surface area contributed by atoms with Crippen molar-refractivity contribution in [3.63, 3.8) is 0 Å². The molecule has 2 heterocycles. The number of carbonyl (C=O) groups excluding carboxylic acids is 1. The first-order chi connectivity index (χ1) is 14.5. The van der Waals surface area contributed by atoms with E-state index < -0.39 is 10.0 Å². The number of thiophene rings is 1. The van der Waals surface area contributed by atoms with E-state index in [1.807, 2.05) is 30.3 Å². The Morgan fingerprint density at radius 3 is 2.33 bits per heavy atom. The summed E-state index contributed by atoms with van der Waals surface area (Å²) >= 11 is 1.21. The van der Waals surface area contributed by atoms with Crippen molar-refractivity contribution >= 4 is 33.0 Å². The number of nitrogens with one attached hydrogen (secondary N) is 1. The SMILES string of the molecule is O=C(c1sccc1NS(=O)(=O)c1ccc(Oc2ccccc2)cc1)N1CCOCC1. The number of benzene rings is 2. The van der Waals surface area contributed by atoms with Gasteiger partial charge in [0.15, 0.2) is 0 Å². The number of sulfonamides is 1. The van der Waals surface area contributed by atoms with Crippen molar-refractivity contribution in [2.24, 2.45) is 0 Å². The number of morpholine rings is 1. The standard InChI is InChI=1S/C21H20N2O5S2/c24-21(23-11-13-27-14-12-23)20-19(10-15-29-20)22-30(25,26)18-8-6-17(7-9-18)28-16-4-2-1-3-5-16/h1-10,15,22H,11-14H2. The van der Waals surface area contributed by atoms with Crippen molar-refractivity contribution in [1.29, 1.82) is 0 Å². The minimum absolute atomic E-state index is 0.0823. The molecule has 1 N–H and O–H groups in total. The molecule has 0 bridgehead atoms. The molecule has 0 radical (unpaired) electrons. The van der Waals surface area contributed by atoms with E-state index in [4.69, 9.17) is 9.47 Å². The molecule has 0 spiro atoms. The minimum Gasteiger partial charge on any atom is -0.457 e. The lowest BCUT2D eigenvalue weighted by atomic mass is 10.3. The summed E-state index contributed by atoms with van der Waals surface area (Å²) < 4.78 is 39.2. The van der Waals surface area contributed by atoms with Crippen molar-refractivity contribution in [2.45, 2.75) is 4.90 Å². The predicted molar refractivity (Wildman–Crippen MR) is 115 cm³/mol. The smallest absolute Gasteiger partial charge is 0.266 e. The summed E-state index contributed by atoms with van der Waals surface area (Å²) in [5, 5.41) is 1.70. The first kappa shape index (κ1) is 20.4. The number of ether oxygens (including phenoxy) is 2. The van der Waals surface area contributed by atoms with Crippen LogP contribution in [0.2, 0.25) is 0 Å². The Morgan fingerprint density at radius 2 is 1.63 bits per heavy atom. The van der Waals surface area contributed by atoms with Gasteiger partial charge in [-0.3, -0.25) is 9.52 Å². The fourth-order valence-electron chi connectivity index (χ4n) is 2.98. The number of anilines is 1. The fraction of sp³-hybridized carbons (Fsp3) is 0.190. The topological polar surface area (TPSA) is 84.9 Å². The summed E-state index contributed by atoms with van der Waals surface area (Å²) in [5.74, 6) is 0.993. The second-order valence-electron chi connectivity index (χ2n) is 6.56. The van der Waals surface area contributed by atoms with Gasteiger partial charge in [0.2, 0.25) is 0 Å². The maximum Gasteiger partial charge on any atom is 0.266 e. The summed E-state index contributed by atoms with van der Waals surface area (Å²) in [5.41, 5.74) is 0.279. The third-order valence-electron chi connectivity index (χ3n) is 4.52. The maximum absolute atomic E-state index is 12.8. The van der Waals surface area contributed by atoms with Crippen LogP contribution in [0.3, 0.4) is 0 Å². The van der Waals surface area contributed by atoms with E-state index in [0.29, 0.717) is 42.7 Å². The van der Waals surface area contributed by atoms with Gasteiger partial charge in [-0.15, -0.1) is 11.3 Å². The lowest BCUT2D eigenvalue weighted by Crippen LogP contribution is -2.40.